The van der Waals surface area contributed by atoms with Crippen molar-refractivity contribution in [1.82, 2.24) is 0 Å². The molecule has 202 valence electrons. The van der Waals surface area contributed by atoms with Crippen LogP contribution in [0.4, 0.5) is 14.5 Å². The largest absolute Gasteiger partial charge is 0.487 e. The lowest BCUT2D eigenvalue weighted by Crippen LogP contribution is -2.27. The monoisotopic (exact) mass is 524 g/mol. The van der Waals surface area contributed by atoms with Gasteiger partial charge in [-0.05, 0) is 67.7 Å². The zero-order chi connectivity index (χ0) is 27.4. The van der Waals surface area contributed by atoms with Crippen LogP contribution in [0.15, 0.2) is 78.0 Å². The summed E-state index contributed by atoms with van der Waals surface area (Å²) in [4.78, 5) is 15.4. The molecule has 0 radical (unpaired) electrons. The van der Waals surface area contributed by atoms with Gasteiger partial charge in [0.25, 0.3) is 12.3 Å². The minimum Gasteiger partial charge on any atom is -0.487 e. The number of carbonyl (C=O) groups excluding carboxylic acids is 1. The number of para-hydroxylation sites is 1. The number of nitrogens with two attached hydrogens (primary N) is 1. The third-order valence-electron chi connectivity index (χ3n) is 6.95. The van der Waals surface area contributed by atoms with E-state index < -0.39 is 18.6 Å². The van der Waals surface area contributed by atoms with Crippen molar-refractivity contribution in [3.05, 3.63) is 89.2 Å². The van der Waals surface area contributed by atoms with Crippen molar-refractivity contribution in [1.29, 1.82) is 0 Å². The molecule has 38 heavy (non-hydrogen) atoms. The second-order valence-corrected chi connectivity index (χ2v) is 10.1. The topological polar surface area (TPSA) is 85.0 Å². The normalized spacial score (nSPS) is 17.5. The number of hydrogen-bond acceptors (Lipinski definition) is 5. The number of amides is 1. The number of halogens is 2. The number of rotatable bonds is 9. The minimum absolute atomic E-state index is 0.0975. The average molecular weight is 525 g/mol. The number of anilines is 1. The molecule has 2 aromatic rings. The van der Waals surface area contributed by atoms with Crippen LogP contribution in [0.1, 0.15) is 37.8 Å². The molecule has 8 heteroatoms. The Kier molecular flexibility index (Phi) is 8.33. The molecule has 0 aromatic heterocycles. The van der Waals surface area contributed by atoms with Crippen molar-refractivity contribution < 1.29 is 28.2 Å². The highest BCUT2D eigenvalue weighted by Gasteiger charge is 2.33. The lowest BCUT2D eigenvalue weighted by atomic mass is 9.92. The maximum Gasteiger partial charge on any atom is 0.272 e. The average Bonchev–Trinajstić information content (AvgIpc) is 3.23. The Morgan fingerprint density at radius 1 is 1.21 bits per heavy atom. The summed E-state index contributed by atoms with van der Waals surface area (Å²) in [5, 5.41) is 10.3. The van der Waals surface area contributed by atoms with E-state index in [1.807, 2.05) is 0 Å². The van der Waals surface area contributed by atoms with Gasteiger partial charge in [-0.1, -0.05) is 36.9 Å². The van der Waals surface area contributed by atoms with Gasteiger partial charge in [0, 0.05) is 41.7 Å². The van der Waals surface area contributed by atoms with E-state index in [1.54, 1.807) is 73.4 Å². The van der Waals surface area contributed by atoms with Gasteiger partial charge in [0.2, 0.25) is 0 Å². The fraction of sp³-hybridized carbons (Fsp3) is 0.367. The van der Waals surface area contributed by atoms with Gasteiger partial charge in [0.15, 0.2) is 0 Å². The van der Waals surface area contributed by atoms with Gasteiger partial charge in [-0.3, -0.25) is 4.79 Å². The van der Waals surface area contributed by atoms with Gasteiger partial charge in [-0.2, -0.15) is 0 Å². The smallest absolute Gasteiger partial charge is 0.272 e. The number of nitrogens with zero attached hydrogens (tertiary/aromatic N) is 1. The molecule has 6 nitrogen and oxygen atoms in total. The highest BCUT2D eigenvalue weighted by atomic mass is 19.3. The van der Waals surface area contributed by atoms with Gasteiger partial charge in [-0.25, -0.2) is 8.78 Å². The van der Waals surface area contributed by atoms with Crippen LogP contribution in [0, 0.1) is 5.92 Å². The van der Waals surface area contributed by atoms with E-state index in [0.29, 0.717) is 46.9 Å². The molecule has 1 amide bonds. The number of carbonyl (C=O) groups is 1. The quantitative estimate of drug-likeness (QED) is 0.472. The number of aliphatic hydroxyl groups is 1. The van der Waals surface area contributed by atoms with E-state index in [0.717, 1.165) is 18.4 Å². The molecule has 0 unspecified atom stereocenters. The first-order chi connectivity index (χ1) is 18.1. The molecule has 0 aliphatic carbocycles. The number of benzene rings is 2. The van der Waals surface area contributed by atoms with Gasteiger partial charge in [-0.15, -0.1) is 0 Å². The van der Waals surface area contributed by atoms with E-state index in [-0.39, 0.29) is 24.1 Å². The fourth-order valence-electron chi connectivity index (χ4n) is 4.73. The van der Waals surface area contributed by atoms with Crippen molar-refractivity contribution in [3.8, 4) is 5.75 Å². The Balaban J connectivity index is 1.72. The zero-order valence-electron chi connectivity index (χ0n) is 21.8. The molecule has 0 saturated carbocycles. The first-order valence-corrected chi connectivity index (χ1v) is 12.7. The van der Waals surface area contributed by atoms with Crippen molar-refractivity contribution >= 4 is 17.2 Å². The van der Waals surface area contributed by atoms with Crippen LogP contribution >= 0.6 is 0 Å². The van der Waals surface area contributed by atoms with Crippen molar-refractivity contribution in [3.63, 3.8) is 0 Å². The van der Waals surface area contributed by atoms with Crippen molar-refractivity contribution in [2.24, 2.45) is 11.7 Å². The second-order valence-electron chi connectivity index (χ2n) is 10.1. The highest BCUT2D eigenvalue weighted by Crippen LogP contribution is 2.38. The highest BCUT2D eigenvalue weighted by molar-refractivity contribution is 6.14. The Morgan fingerprint density at radius 2 is 1.87 bits per heavy atom. The molecule has 1 saturated heterocycles. The van der Waals surface area contributed by atoms with Gasteiger partial charge >= 0.3 is 0 Å². The van der Waals surface area contributed by atoms with Crippen LogP contribution in [0.25, 0.3) is 5.57 Å². The first-order valence-electron chi connectivity index (χ1n) is 12.7. The number of hydrogen-bond donors (Lipinski definition) is 2. The van der Waals surface area contributed by atoms with Crippen molar-refractivity contribution in [2.75, 3.05) is 31.3 Å². The summed E-state index contributed by atoms with van der Waals surface area (Å²) in [6.45, 7) is 8.34. The summed E-state index contributed by atoms with van der Waals surface area (Å²) in [7, 11) is 0. The van der Waals surface area contributed by atoms with Gasteiger partial charge < -0.3 is 25.2 Å². The number of ether oxygens (including phenoxy) is 2. The minimum atomic E-state index is -2.62. The molecule has 0 bridgehead atoms. The maximum absolute atomic E-state index is 13.8. The number of alkyl halides is 2. The molecule has 3 N–H and O–H groups in total. The molecular weight excluding hydrogens is 490 g/mol. The lowest BCUT2D eigenvalue weighted by molar-refractivity contribution is -0.114. The van der Waals surface area contributed by atoms with Crippen LogP contribution in [-0.2, 0) is 15.1 Å². The van der Waals surface area contributed by atoms with E-state index in [1.165, 1.54) is 0 Å². The molecule has 2 aliphatic heterocycles. The molecule has 2 aliphatic rings. The zero-order valence-corrected chi connectivity index (χ0v) is 21.8. The molecule has 1 fully saturated rings. The summed E-state index contributed by atoms with van der Waals surface area (Å²) in [6.07, 6.45) is 0.648. The van der Waals surface area contributed by atoms with Crippen LogP contribution in [0.2, 0.25) is 0 Å². The molecule has 2 heterocycles. The van der Waals surface area contributed by atoms with E-state index >= 15 is 0 Å². The Bertz CT molecular complexity index is 1240. The molecule has 0 atom stereocenters. The summed E-state index contributed by atoms with van der Waals surface area (Å²) < 4.78 is 36.6. The van der Waals surface area contributed by atoms with Crippen molar-refractivity contribution in [2.45, 2.75) is 38.7 Å². The van der Waals surface area contributed by atoms with Gasteiger partial charge in [0.1, 0.15) is 12.4 Å². The third-order valence-corrected chi connectivity index (χ3v) is 6.95. The van der Waals surface area contributed by atoms with Gasteiger partial charge in [0.05, 0.1) is 12.1 Å². The summed E-state index contributed by atoms with van der Waals surface area (Å²) in [5.74, 6) is 0.130. The summed E-state index contributed by atoms with van der Waals surface area (Å²) in [6, 6.07) is 14.0. The summed E-state index contributed by atoms with van der Waals surface area (Å²) in [5.41, 5.74) is 9.55. The van der Waals surface area contributed by atoms with Crippen LogP contribution in [0.3, 0.4) is 0 Å². The standard InChI is InChI=1S/C30H34F2N2O4/c1-19(23-6-4-5-7-27(23)38-18-28(31)32)25-17-34(22-10-8-21(9-11-22)30(2,3)36)29(35)24(25)16-26(33)20-12-14-37-15-13-20/h4-11,16,20,28,36H,1,12-15,17-18,33H2,2-3H3/b26-16-. The molecular formula is C30H34F2N2O4. The third kappa shape index (κ3) is 6.14. The molecule has 2 aromatic carbocycles. The van der Waals surface area contributed by atoms with E-state index in [9.17, 15) is 18.7 Å². The second kappa shape index (κ2) is 11.5. The lowest BCUT2D eigenvalue weighted by Gasteiger charge is -2.23. The summed E-state index contributed by atoms with van der Waals surface area (Å²) >= 11 is 0. The molecule has 4 rings (SSSR count). The Morgan fingerprint density at radius 3 is 2.50 bits per heavy atom. The predicted molar refractivity (Wildman–Crippen MR) is 144 cm³/mol. The van der Waals surface area contributed by atoms with Crippen LogP contribution in [0.5, 0.6) is 5.75 Å². The fourth-order valence-corrected chi connectivity index (χ4v) is 4.73. The maximum atomic E-state index is 13.8. The SMILES string of the molecule is C=C(C1=C(/C=C(\N)C2CCOCC2)C(=O)N(c2ccc(C(C)(C)O)cc2)C1)c1ccccc1OCC(F)F. The van der Waals surface area contributed by atoms with Crippen LogP contribution in [-0.4, -0.2) is 43.8 Å². The molecule has 0 spiro atoms. The Labute approximate surface area is 222 Å². The van der Waals surface area contributed by atoms with E-state index in [2.05, 4.69) is 6.58 Å². The Hall–Kier alpha value is -3.49. The van der Waals surface area contributed by atoms with Crippen LogP contribution < -0.4 is 15.4 Å². The predicted octanol–water partition coefficient (Wildman–Crippen LogP) is 5.18. The van der Waals surface area contributed by atoms with E-state index in [4.69, 9.17) is 15.2 Å². The number of allylic oxidation sites excluding steroid dienone is 1. The first kappa shape index (κ1) is 27.5.